The van der Waals surface area contributed by atoms with Crippen LogP contribution in [0, 0.1) is 35.5 Å². The normalized spacial score (nSPS) is 18.7. The highest BCUT2D eigenvalue weighted by Gasteiger charge is 2.44. The first kappa shape index (κ1) is 54.5. The molecule has 1 aromatic carbocycles. The molecule has 352 valence electrons. The number of amides is 3. The molecule has 1 fully saturated rings. The minimum absolute atomic E-state index is 0.0133. The number of likely N-dealkylation sites (N-methyl/N-ethyl adjacent to an activating group) is 2. The molecular weight excluding hydrogens is 789 g/mol. The van der Waals surface area contributed by atoms with Gasteiger partial charge in [-0.15, -0.1) is 0 Å². The number of ether oxygens (including phenoxy) is 3. The molecule has 1 aliphatic rings. The number of nitrogens with one attached hydrogen (secondary N) is 1. The fraction of sp³-hybridized carbons (Fsp3) is 0.755. The Morgan fingerprint density at radius 3 is 2.03 bits per heavy atom. The van der Waals surface area contributed by atoms with Gasteiger partial charge in [-0.3, -0.25) is 33.7 Å². The van der Waals surface area contributed by atoms with E-state index in [1.807, 2.05) is 72.0 Å². The van der Waals surface area contributed by atoms with Crippen LogP contribution < -0.4 is 5.32 Å². The highest BCUT2D eigenvalue weighted by molar-refractivity contribution is 5.90. The van der Waals surface area contributed by atoms with Crippen molar-refractivity contribution in [1.29, 1.82) is 0 Å². The van der Waals surface area contributed by atoms with E-state index in [2.05, 4.69) is 37.9 Å². The topological polar surface area (TPSA) is 152 Å². The van der Waals surface area contributed by atoms with Gasteiger partial charge in [0.25, 0.3) is 6.47 Å². The van der Waals surface area contributed by atoms with Crippen molar-refractivity contribution in [1.82, 2.24) is 20.0 Å². The van der Waals surface area contributed by atoms with E-state index in [0.29, 0.717) is 38.7 Å². The molecule has 0 aromatic heterocycles. The molecule has 10 atom stereocenters. The molecule has 2 rings (SSSR count). The number of benzene rings is 1. The Kier molecular flexibility index (Phi) is 23.6. The smallest absolute Gasteiger partial charge is 0.295 e. The molecule has 1 heterocycles. The third-order valence-electron chi connectivity index (χ3n) is 13.3. The molecule has 13 nitrogen and oxygen atoms in total. The van der Waals surface area contributed by atoms with Crippen molar-refractivity contribution in [2.24, 2.45) is 35.5 Å². The standard InChI is InChI=1S/C49H82N4O9/c1-15-21-43(62-30-54)50-48(58)37(26-36-22-18-17-19-23-36)27-40(55)35(10)47(61-14)39-24-20-25-53(39)44(57)29-42(60-13)46(34(9)16-2)52(12)49(59)38(31(3)4)28-41(56)45(32(5)6)51(11)33(7)8/h17-19,22-23,30-35,37-39,42-43,45-47H,15-16,20-21,24-29H2,1-14H3,(H,50,58)/t34-,35-,37+,38-,39-,42+,43?,45-,46-,47+/m0/s1. The third kappa shape index (κ3) is 15.2. The molecule has 1 aromatic rings. The van der Waals surface area contributed by atoms with E-state index in [4.69, 9.17) is 14.2 Å². The van der Waals surface area contributed by atoms with Gasteiger partial charge in [0, 0.05) is 70.9 Å². The highest BCUT2D eigenvalue weighted by Crippen LogP contribution is 2.32. The molecule has 0 radical (unpaired) electrons. The van der Waals surface area contributed by atoms with E-state index >= 15 is 0 Å². The Balaban J connectivity index is 2.34. The Hall–Kier alpha value is -3.68. The summed E-state index contributed by atoms with van der Waals surface area (Å²) in [5.41, 5.74) is 0.894. The lowest BCUT2D eigenvalue weighted by atomic mass is 9.83. The van der Waals surface area contributed by atoms with Gasteiger partial charge >= 0.3 is 0 Å². The number of carbonyl (C=O) groups excluding carboxylic acids is 6. The molecule has 0 bridgehead atoms. The van der Waals surface area contributed by atoms with Gasteiger partial charge in [-0.2, -0.15) is 0 Å². The molecule has 0 aliphatic carbocycles. The largest absolute Gasteiger partial charge is 0.444 e. The third-order valence-corrected chi connectivity index (χ3v) is 13.3. The summed E-state index contributed by atoms with van der Waals surface area (Å²) in [7, 11) is 6.85. The predicted octanol–water partition coefficient (Wildman–Crippen LogP) is 6.74. The molecule has 1 aliphatic heterocycles. The summed E-state index contributed by atoms with van der Waals surface area (Å²) in [6.07, 6.45) is 1.53. The second-order valence-corrected chi connectivity index (χ2v) is 18.6. The van der Waals surface area contributed by atoms with Gasteiger partial charge in [0.1, 0.15) is 5.78 Å². The Labute approximate surface area is 373 Å². The van der Waals surface area contributed by atoms with Gasteiger partial charge in [0.05, 0.1) is 36.8 Å². The Morgan fingerprint density at radius 2 is 1.52 bits per heavy atom. The molecule has 1 saturated heterocycles. The molecule has 3 amide bonds. The van der Waals surface area contributed by atoms with Crippen LogP contribution >= 0.6 is 0 Å². The summed E-state index contributed by atoms with van der Waals surface area (Å²) in [5, 5.41) is 2.82. The van der Waals surface area contributed by atoms with Crippen LogP contribution in [0.25, 0.3) is 0 Å². The summed E-state index contributed by atoms with van der Waals surface area (Å²) >= 11 is 0. The molecular formula is C49H82N4O9. The van der Waals surface area contributed by atoms with Gasteiger partial charge in [-0.05, 0) is 63.5 Å². The predicted molar refractivity (Wildman–Crippen MR) is 243 cm³/mol. The number of hydrogen-bond donors (Lipinski definition) is 1. The first-order valence-corrected chi connectivity index (χ1v) is 23.1. The summed E-state index contributed by atoms with van der Waals surface area (Å²) in [4.78, 5) is 87.4. The lowest BCUT2D eigenvalue weighted by Gasteiger charge is -2.41. The lowest BCUT2D eigenvalue weighted by Crippen LogP contribution is -2.54. The van der Waals surface area contributed by atoms with Crippen molar-refractivity contribution in [3.63, 3.8) is 0 Å². The number of Topliss-reactive ketones (excluding diaryl/α,β-unsaturated/α-hetero) is 2. The first-order valence-electron chi connectivity index (χ1n) is 23.1. The minimum atomic E-state index is -0.797. The number of nitrogens with zero attached hydrogens (tertiary/aromatic N) is 3. The average molecular weight is 871 g/mol. The molecule has 1 unspecified atom stereocenters. The van der Waals surface area contributed by atoms with Crippen molar-refractivity contribution < 1.29 is 43.0 Å². The zero-order valence-electron chi connectivity index (χ0n) is 40.6. The number of rotatable bonds is 29. The number of ketones is 2. The van der Waals surface area contributed by atoms with E-state index in [-0.39, 0.29) is 78.4 Å². The fourth-order valence-corrected chi connectivity index (χ4v) is 9.30. The van der Waals surface area contributed by atoms with Crippen LogP contribution in [-0.2, 0) is 49.4 Å². The van der Waals surface area contributed by atoms with Crippen LogP contribution in [0.1, 0.15) is 126 Å². The van der Waals surface area contributed by atoms with Gasteiger partial charge in [-0.25, -0.2) is 0 Å². The van der Waals surface area contributed by atoms with Crippen LogP contribution in [0.4, 0.5) is 0 Å². The number of likely N-dealkylation sites (tertiary alicyclic amines) is 1. The molecule has 1 N–H and O–H groups in total. The van der Waals surface area contributed by atoms with E-state index in [9.17, 15) is 28.8 Å². The van der Waals surface area contributed by atoms with Gasteiger partial charge in [-0.1, -0.05) is 98.6 Å². The second kappa shape index (κ2) is 26.8. The van der Waals surface area contributed by atoms with Crippen molar-refractivity contribution in [3.8, 4) is 0 Å². The summed E-state index contributed by atoms with van der Waals surface area (Å²) in [5.74, 6) is -2.74. The van der Waals surface area contributed by atoms with Crippen molar-refractivity contribution >= 4 is 35.8 Å². The lowest BCUT2D eigenvalue weighted by molar-refractivity contribution is -0.149. The molecule has 0 saturated carbocycles. The van der Waals surface area contributed by atoms with E-state index in [1.165, 1.54) is 0 Å². The number of hydrogen-bond acceptors (Lipinski definition) is 10. The quantitative estimate of drug-likeness (QED) is 0.0678. The second-order valence-electron chi connectivity index (χ2n) is 18.6. The summed E-state index contributed by atoms with van der Waals surface area (Å²) in [6.45, 7) is 20.8. The van der Waals surface area contributed by atoms with Crippen molar-refractivity contribution in [2.45, 2.75) is 170 Å². The van der Waals surface area contributed by atoms with E-state index in [0.717, 1.165) is 18.4 Å². The van der Waals surface area contributed by atoms with E-state index in [1.54, 1.807) is 38.0 Å². The average Bonchev–Trinajstić information content (AvgIpc) is 3.72. The van der Waals surface area contributed by atoms with Gasteiger partial charge in [0.2, 0.25) is 17.7 Å². The minimum Gasteiger partial charge on any atom is -0.444 e. The zero-order valence-corrected chi connectivity index (χ0v) is 40.6. The highest BCUT2D eigenvalue weighted by atomic mass is 16.5. The summed E-state index contributed by atoms with van der Waals surface area (Å²) in [6, 6.07) is 8.49. The summed E-state index contributed by atoms with van der Waals surface area (Å²) < 4.78 is 17.3. The maximum Gasteiger partial charge on any atom is 0.295 e. The molecule has 13 heteroatoms. The van der Waals surface area contributed by atoms with Crippen LogP contribution in [0.15, 0.2) is 30.3 Å². The maximum absolute atomic E-state index is 14.5. The zero-order chi connectivity index (χ0) is 46.8. The van der Waals surface area contributed by atoms with Crippen LogP contribution in [0.2, 0.25) is 0 Å². The van der Waals surface area contributed by atoms with Crippen LogP contribution in [-0.4, -0.2) is 128 Å². The van der Waals surface area contributed by atoms with Crippen molar-refractivity contribution in [3.05, 3.63) is 35.9 Å². The maximum atomic E-state index is 14.5. The molecule has 62 heavy (non-hydrogen) atoms. The Bertz CT molecular complexity index is 1550. The van der Waals surface area contributed by atoms with Crippen LogP contribution in [0.3, 0.4) is 0 Å². The number of methoxy groups -OCH3 is 2. The van der Waals surface area contributed by atoms with E-state index < -0.39 is 48.3 Å². The first-order chi connectivity index (χ1) is 29.3. The Morgan fingerprint density at radius 1 is 0.871 bits per heavy atom. The monoisotopic (exact) mass is 871 g/mol. The van der Waals surface area contributed by atoms with Crippen LogP contribution in [0.5, 0.6) is 0 Å². The van der Waals surface area contributed by atoms with Gasteiger partial charge in [0.15, 0.2) is 12.0 Å². The molecule has 0 spiro atoms. The van der Waals surface area contributed by atoms with Gasteiger partial charge < -0.3 is 29.3 Å². The fourth-order valence-electron chi connectivity index (χ4n) is 9.30. The number of carbonyl (C=O) groups is 6. The van der Waals surface area contributed by atoms with Crippen molar-refractivity contribution in [2.75, 3.05) is 34.9 Å². The SMILES string of the molecule is CCCC(NC(=O)[C@@H](CC(=O)[C@H](C)[C@@H](OC)[C@@H]1CCCN1C(=O)C[C@@H](OC)[C@H]([C@@H](C)CC)N(C)C(=O)[C@@H](CC(=O)[C@H](C(C)C)N(C)C(C)C)C(C)C)Cc1ccccc1)OC=O.